The van der Waals surface area contributed by atoms with Crippen molar-refractivity contribution in [3.63, 3.8) is 0 Å². The molecule has 140 valence electrons. The molecule has 27 heavy (non-hydrogen) atoms. The van der Waals surface area contributed by atoms with Gasteiger partial charge >= 0.3 is 0 Å². The van der Waals surface area contributed by atoms with E-state index in [1.165, 1.54) is 6.07 Å². The number of nitrogens with one attached hydrogen (secondary N) is 2. The minimum absolute atomic E-state index is 0.179. The van der Waals surface area contributed by atoms with Crippen LogP contribution in [0.1, 0.15) is 5.56 Å². The monoisotopic (exact) mass is 506 g/mol. The molecule has 1 aromatic heterocycles. The SMILES string of the molecule is Fc1cccc(Cl)c1Cn1cc(Br)c(NC(=S)Nc2ccc(Cl)c(Cl)c2)n1. The summed E-state index contributed by atoms with van der Waals surface area (Å²) in [7, 11) is 0. The highest BCUT2D eigenvalue weighted by molar-refractivity contribution is 9.10. The van der Waals surface area contributed by atoms with E-state index in [1.807, 2.05) is 0 Å². The van der Waals surface area contributed by atoms with Crippen molar-refractivity contribution in [2.75, 3.05) is 10.6 Å². The maximum atomic E-state index is 14.0. The highest BCUT2D eigenvalue weighted by atomic mass is 79.9. The number of halogens is 5. The van der Waals surface area contributed by atoms with E-state index < -0.39 is 0 Å². The largest absolute Gasteiger partial charge is 0.332 e. The van der Waals surface area contributed by atoms with Gasteiger partial charge in [-0.2, -0.15) is 5.10 Å². The lowest BCUT2D eigenvalue weighted by Crippen LogP contribution is -2.19. The predicted octanol–water partition coefficient (Wildman–Crippen LogP) is 6.60. The molecule has 0 aliphatic heterocycles. The zero-order valence-corrected chi connectivity index (χ0v) is 18.1. The van der Waals surface area contributed by atoms with E-state index in [0.29, 0.717) is 41.7 Å². The molecular weight excluding hydrogens is 498 g/mol. The molecule has 0 saturated carbocycles. The Morgan fingerprint density at radius 2 is 1.89 bits per heavy atom. The van der Waals surface area contributed by atoms with Crippen molar-refractivity contribution in [2.24, 2.45) is 0 Å². The molecule has 0 radical (unpaired) electrons. The van der Waals surface area contributed by atoms with E-state index in [4.69, 9.17) is 47.0 Å². The van der Waals surface area contributed by atoms with E-state index in [1.54, 1.807) is 41.2 Å². The van der Waals surface area contributed by atoms with E-state index in [2.05, 4.69) is 31.7 Å². The molecule has 2 aromatic carbocycles. The molecule has 0 saturated heterocycles. The van der Waals surface area contributed by atoms with Crippen LogP contribution in [0.5, 0.6) is 0 Å². The zero-order valence-electron chi connectivity index (χ0n) is 13.4. The Balaban J connectivity index is 1.71. The smallest absolute Gasteiger partial charge is 0.176 e. The molecule has 0 aliphatic rings. The summed E-state index contributed by atoms with van der Waals surface area (Å²) >= 11 is 26.6. The molecule has 0 bridgehead atoms. The van der Waals surface area contributed by atoms with Crippen molar-refractivity contribution in [1.82, 2.24) is 9.78 Å². The Bertz CT molecular complexity index is 992. The Labute approximate surface area is 183 Å². The fourth-order valence-corrected chi connectivity index (χ4v) is 3.40. The number of nitrogens with zero attached hydrogens (tertiary/aromatic N) is 2. The number of thiocarbonyl (C=S) groups is 1. The molecule has 0 aliphatic carbocycles. The fraction of sp³-hybridized carbons (Fsp3) is 0.0588. The first-order valence-corrected chi connectivity index (χ1v) is 9.86. The number of benzene rings is 2. The summed E-state index contributed by atoms with van der Waals surface area (Å²) in [5, 5.41) is 11.8. The summed E-state index contributed by atoms with van der Waals surface area (Å²) in [6, 6.07) is 9.61. The maximum absolute atomic E-state index is 14.0. The molecule has 0 fully saturated rings. The van der Waals surface area contributed by atoms with E-state index in [-0.39, 0.29) is 12.4 Å². The van der Waals surface area contributed by atoms with Crippen LogP contribution in [-0.4, -0.2) is 14.9 Å². The van der Waals surface area contributed by atoms with Gasteiger partial charge in [-0.15, -0.1) is 0 Å². The molecule has 3 aromatic rings. The summed E-state index contributed by atoms with van der Waals surface area (Å²) in [4.78, 5) is 0. The van der Waals surface area contributed by atoms with Gasteiger partial charge in [0.1, 0.15) is 5.82 Å². The Kier molecular flexibility index (Phi) is 6.60. The van der Waals surface area contributed by atoms with Crippen molar-refractivity contribution < 1.29 is 4.39 Å². The van der Waals surface area contributed by atoms with Crippen LogP contribution in [0.3, 0.4) is 0 Å². The van der Waals surface area contributed by atoms with Crippen molar-refractivity contribution in [2.45, 2.75) is 6.54 Å². The van der Waals surface area contributed by atoms with Gasteiger partial charge in [-0.3, -0.25) is 4.68 Å². The van der Waals surface area contributed by atoms with Gasteiger partial charge in [0.05, 0.1) is 21.1 Å². The van der Waals surface area contributed by atoms with E-state index in [0.717, 1.165) is 0 Å². The lowest BCUT2D eigenvalue weighted by Gasteiger charge is -2.10. The second-order valence-corrected chi connectivity index (χ2v) is 7.92. The maximum Gasteiger partial charge on any atom is 0.176 e. The standard InChI is InChI=1S/C17H11BrCl3FN4S/c18-11-8-26(7-10-12(19)2-1-3-15(10)22)25-16(11)24-17(27)23-9-4-5-13(20)14(21)6-9/h1-6,8H,7H2,(H2,23,24,25,27). The Morgan fingerprint density at radius 3 is 2.59 bits per heavy atom. The van der Waals surface area contributed by atoms with Crippen LogP contribution >= 0.6 is 63.0 Å². The van der Waals surface area contributed by atoms with Gasteiger partial charge in [0.15, 0.2) is 10.9 Å². The van der Waals surface area contributed by atoms with E-state index in [9.17, 15) is 4.39 Å². The van der Waals surface area contributed by atoms with Crippen LogP contribution in [0.4, 0.5) is 15.9 Å². The highest BCUT2D eigenvalue weighted by Crippen LogP contribution is 2.26. The quantitative estimate of drug-likeness (QED) is 0.390. The number of anilines is 2. The molecule has 0 atom stereocenters. The first-order valence-electron chi connectivity index (χ1n) is 7.52. The Hall–Kier alpha value is -1.38. The van der Waals surface area contributed by atoms with Crippen LogP contribution in [0, 0.1) is 5.82 Å². The predicted molar refractivity (Wildman–Crippen MR) is 117 cm³/mol. The average Bonchev–Trinajstić information content (AvgIpc) is 2.94. The first-order chi connectivity index (χ1) is 12.8. The zero-order chi connectivity index (χ0) is 19.6. The van der Waals surface area contributed by atoms with Crippen molar-refractivity contribution >= 4 is 79.6 Å². The topological polar surface area (TPSA) is 41.9 Å². The van der Waals surface area contributed by atoms with Gasteiger partial charge in [0, 0.05) is 22.5 Å². The molecule has 3 rings (SSSR count). The average molecular weight is 509 g/mol. The van der Waals surface area contributed by atoms with Crippen molar-refractivity contribution in [3.8, 4) is 0 Å². The first kappa shape index (κ1) is 20.4. The molecule has 0 unspecified atom stereocenters. The normalized spacial score (nSPS) is 10.7. The Morgan fingerprint density at radius 1 is 1.11 bits per heavy atom. The summed E-state index contributed by atoms with van der Waals surface area (Å²) in [5.74, 6) is 0.0838. The van der Waals surface area contributed by atoms with Gasteiger partial charge in [-0.25, -0.2) is 4.39 Å². The third kappa shape index (κ3) is 5.12. The number of hydrogen-bond acceptors (Lipinski definition) is 2. The molecular formula is C17H11BrCl3FN4S. The van der Waals surface area contributed by atoms with Crippen LogP contribution in [0.15, 0.2) is 47.1 Å². The van der Waals surface area contributed by atoms with Gasteiger partial charge in [-0.05, 0) is 58.5 Å². The highest BCUT2D eigenvalue weighted by Gasteiger charge is 2.12. The van der Waals surface area contributed by atoms with Gasteiger partial charge in [-0.1, -0.05) is 40.9 Å². The molecule has 4 nitrogen and oxygen atoms in total. The second kappa shape index (κ2) is 8.75. The van der Waals surface area contributed by atoms with Gasteiger partial charge in [0.25, 0.3) is 0 Å². The summed E-state index contributed by atoms with van der Waals surface area (Å²) < 4.78 is 16.2. The van der Waals surface area contributed by atoms with Crippen LogP contribution < -0.4 is 10.6 Å². The number of hydrogen-bond donors (Lipinski definition) is 2. The molecule has 0 amide bonds. The van der Waals surface area contributed by atoms with Crippen molar-refractivity contribution in [1.29, 1.82) is 0 Å². The fourth-order valence-electron chi connectivity index (χ4n) is 2.25. The van der Waals surface area contributed by atoms with Crippen LogP contribution in [0.2, 0.25) is 15.1 Å². The van der Waals surface area contributed by atoms with Crippen LogP contribution in [0.25, 0.3) is 0 Å². The summed E-state index contributed by atoms with van der Waals surface area (Å²) in [6.45, 7) is 0.179. The summed E-state index contributed by atoms with van der Waals surface area (Å²) in [6.07, 6.45) is 1.70. The molecule has 0 spiro atoms. The third-order valence-electron chi connectivity index (χ3n) is 3.51. The van der Waals surface area contributed by atoms with Gasteiger partial charge in [0.2, 0.25) is 0 Å². The minimum Gasteiger partial charge on any atom is -0.332 e. The van der Waals surface area contributed by atoms with Crippen molar-refractivity contribution in [3.05, 3.63) is 73.5 Å². The lowest BCUT2D eigenvalue weighted by molar-refractivity contribution is 0.586. The second-order valence-electron chi connectivity index (χ2n) is 5.43. The number of aromatic nitrogens is 2. The third-order valence-corrected chi connectivity index (χ3v) is 5.39. The lowest BCUT2D eigenvalue weighted by atomic mass is 10.2. The van der Waals surface area contributed by atoms with E-state index >= 15 is 0 Å². The molecule has 1 heterocycles. The minimum atomic E-state index is -0.388. The molecule has 2 N–H and O–H groups in total. The molecule has 10 heteroatoms. The van der Waals surface area contributed by atoms with Gasteiger partial charge < -0.3 is 10.6 Å². The number of rotatable bonds is 4. The van der Waals surface area contributed by atoms with Crippen LogP contribution in [-0.2, 0) is 6.54 Å². The summed E-state index contributed by atoms with van der Waals surface area (Å²) in [5.41, 5.74) is 1.04.